The molecule has 0 spiro atoms. The molecule has 2 nitrogen and oxygen atoms in total. The van der Waals surface area contributed by atoms with E-state index in [0.29, 0.717) is 12.1 Å². The van der Waals surface area contributed by atoms with Gasteiger partial charge in [0.15, 0.2) is 0 Å². The van der Waals surface area contributed by atoms with Crippen molar-refractivity contribution in [2.45, 2.75) is 38.4 Å². The van der Waals surface area contributed by atoms with E-state index in [2.05, 4.69) is 5.32 Å². The first-order chi connectivity index (χ1) is 7.87. The van der Waals surface area contributed by atoms with E-state index >= 15 is 0 Å². The Bertz CT molecular complexity index is 352. The molecule has 5 heteroatoms. The third-order valence-electron chi connectivity index (χ3n) is 2.36. The van der Waals surface area contributed by atoms with Crippen molar-refractivity contribution in [3.63, 3.8) is 0 Å². The van der Waals surface area contributed by atoms with Gasteiger partial charge >= 0.3 is 6.18 Å². The van der Waals surface area contributed by atoms with Gasteiger partial charge in [0.1, 0.15) is 5.75 Å². The number of halogens is 3. The summed E-state index contributed by atoms with van der Waals surface area (Å²) < 4.78 is 35.8. The zero-order valence-electron chi connectivity index (χ0n) is 9.59. The Kier molecular flexibility index (Phi) is 4.66. The Morgan fingerprint density at radius 1 is 1.35 bits per heavy atom. The van der Waals surface area contributed by atoms with Gasteiger partial charge < -0.3 is 10.4 Å². The lowest BCUT2D eigenvalue weighted by Crippen LogP contribution is -2.16. The van der Waals surface area contributed by atoms with Gasteiger partial charge in [0.05, 0.1) is 0 Å². The van der Waals surface area contributed by atoms with Gasteiger partial charge in [-0.05, 0) is 31.9 Å². The van der Waals surface area contributed by atoms with Crippen LogP contribution in [0, 0.1) is 0 Å². The lowest BCUT2D eigenvalue weighted by atomic mass is 10.1. The van der Waals surface area contributed by atoms with Crippen LogP contribution in [0.2, 0.25) is 0 Å². The van der Waals surface area contributed by atoms with Crippen LogP contribution in [0.25, 0.3) is 0 Å². The molecule has 1 rings (SSSR count). The fourth-order valence-corrected chi connectivity index (χ4v) is 1.56. The largest absolute Gasteiger partial charge is 0.508 e. The van der Waals surface area contributed by atoms with Crippen LogP contribution in [-0.4, -0.2) is 17.3 Å². The van der Waals surface area contributed by atoms with E-state index < -0.39 is 12.6 Å². The number of hydrogen-bond acceptors (Lipinski definition) is 2. The number of rotatable bonds is 5. The van der Waals surface area contributed by atoms with Crippen LogP contribution in [0.15, 0.2) is 24.3 Å². The lowest BCUT2D eigenvalue weighted by Gasteiger charge is -2.15. The van der Waals surface area contributed by atoms with Crippen LogP contribution in [0.3, 0.4) is 0 Å². The van der Waals surface area contributed by atoms with E-state index in [1.165, 1.54) is 0 Å². The molecule has 1 unspecified atom stereocenters. The summed E-state index contributed by atoms with van der Waals surface area (Å²) in [5.74, 6) is 0.137. The quantitative estimate of drug-likeness (QED) is 0.826. The van der Waals surface area contributed by atoms with Crippen molar-refractivity contribution < 1.29 is 18.3 Å². The molecule has 1 aromatic carbocycles. The summed E-state index contributed by atoms with van der Waals surface area (Å²) in [5.41, 5.74) is 0.713. The van der Waals surface area contributed by atoms with Crippen LogP contribution in [0.1, 0.15) is 26.2 Å². The fourth-order valence-electron chi connectivity index (χ4n) is 1.56. The number of aromatic hydroxyl groups is 1. The zero-order chi connectivity index (χ0) is 12.9. The molecule has 0 aliphatic heterocycles. The lowest BCUT2D eigenvalue weighted by molar-refractivity contribution is -0.135. The zero-order valence-corrected chi connectivity index (χ0v) is 9.59. The summed E-state index contributed by atoms with van der Waals surface area (Å²) in [5, 5.41) is 12.3. The minimum Gasteiger partial charge on any atom is -0.508 e. The number of phenols is 1. The molecule has 0 saturated carbocycles. The van der Waals surface area contributed by atoms with E-state index in [4.69, 9.17) is 0 Å². The van der Waals surface area contributed by atoms with Crippen LogP contribution in [-0.2, 0) is 0 Å². The number of nitrogens with one attached hydrogen (secondary N) is 1. The monoisotopic (exact) mass is 247 g/mol. The van der Waals surface area contributed by atoms with Crippen LogP contribution in [0.5, 0.6) is 5.75 Å². The number of anilines is 1. The maximum absolute atomic E-state index is 11.9. The fraction of sp³-hybridized carbons (Fsp3) is 0.500. The van der Waals surface area contributed by atoms with E-state index in [-0.39, 0.29) is 18.2 Å². The first-order valence-corrected chi connectivity index (χ1v) is 5.49. The molecule has 0 saturated heterocycles. The first-order valence-electron chi connectivity index (χ1n) is 5.49. The maximum Gasteiger partial charge on any atom is 0.389 e. The van der Waals surface area contributed by atoms with E-state index in [1.54, 1.807) is 24.3 Å². The third kappa shape index (κ3) is 6.04. The molecule has 0 amide bonds. The van der Waals surface area contributed by atoms with Crippen molar-refractivity contribution in [3.8, 4) is 5.75 Å². The Hall–Kier alpha value is -1.39. The smallest absolute Gasteiger partial charge is 0.389 e. The van der Waals surface area contributed by atoms with Crippen molar-refractivity contribution in [1.82, 2.24) is 0 Å². The molecule has 96 valence electrons. The molecule has 2 N–H and O–H groups in total. The second kappa shape index (κ2) is 5.80. The Morgan fingerprint density at radius 2 is 2.06 bits per heavy atom. The molecule has 0 aromatic heterocycles. The number of phenolic OH excluding ortho intramolecular Hbond substituents is 1. The predicted octanol–water partition coefficient (Wildman–Crippen LogP) is 3.93. The molecule has 0 radical (unpaired) electrons. The molecule has 0 bridgehead atoms. The van der Waals surface area contributed by atoms with Crippen molar-refractivity contribution >= 4 is 5.69 Å². The average Bonchev–Trinajstić information content (AvgIpc) is 2.15. The van der Waals surface area contributed by atoms with Gasteiger partial charge in [-0.2, -0.15) is 13.2 Å². The topological polar surface area (TPSA) is 32.3 Å². The summed E-state index contributed by atoms with van der Waals surface area (Å²) in [7, 11) is 0. The maximum atomic E-state index is 11.9. The summed E-state index contributed by atoms with van der Waals surface area (Å²) in [6.07, 6.45) is -4.28. The number of benzene rings is 1. The molecule has 1 atom stereocenters. The van der Waals surface area contributed by atoms with Gasteiger partial charge in [-0.3, -0.25) is 0 Å². The first kappa shape index (κ1) is 13.7. The predicted molar refractivity (Wildman–Crippen MR) is 61.1 cm³/mol. The summed E-state index contributed by atoms with van der Waals surface area (Å²) in [6, 6.07) is 6.47. The molecular formula is C12H16F3NO. The average molecular weight is 247 g/mol. The summed E-state index contributed by atoms with van der Waals surface area (Å²) in [6.45, 7) is 1.82. The van der Waals surface area contributed by atoms with E-state index in [9.17, 15) is 18.3 Å². The SMILES string of the molecule is CC(CCCC(F)(F)F)Nc1cccc(O)c1. The van der Waals surface area contributed by atoms with Gasteiger partial charge in [-0.15, -0.1) is 0 Å². The minimum atomic E-state index is -4.08. The Balaban J connectivity index is 2.32. The summed E-state index contributed by atoms with van der Waals surface area (Å²) in [4.78, 5) is 0. The van der Waals surface area contributed by atoms with Crippen molar-refractivity contribution in [2.75, 3.05) is 5.32 Å². The van der Waals surface area contributed by atoms with E-state index in [0.717, 1.165) is 0 Å². The standard InChI is InChI=1S/C12H16F3NO/c1-9(4-3-7-12(13,14)15)16-10-5-2-6-11(17)8-10/h2,5-6,8-9,16-17H,3-4,7H2,1H3. The highest BCUT2D eigenvalue weighted by Gasteiger charge is 2.26. The van der Waals surface area contributed by atoms with Crippen molar-refractivity contribution in [3.05, 3.63) is 24.3 Å². The minimum absolute atomic E-state index is 0.0563. The molecular weight excluding hydrogens is 231 g/mol. The number of hydrogen-bond donors (Lipinski definition) is 2. The van der Waals surface area contributed by atoms with Gasteiger partial charge in [0, 0.05) is 24.2 Å². The molecule has 0 fully saturated rings. The second-order valence-corrected chi connectivity index (χ2v) is 4.10. The molecule has 1 aromatic rings. The highest BCUT2D eigenvalue weighted by molar-refractivity contribution is 5.48. The molecule has 0 aliphatic carbocycles. The summed E-state index contributed by atoms with van der Waals surface area (Å²) >= 11 is 0. The third-order valence-corrected chi connectivity index (χ3v) is 2.36. The highest BCUT2D eigenvalue weighted by Crippen LogP contribution is 2.23. The normalized spacial score (nSPS) is 13.4. The number of alkyl halides is 3. The van der Waals surface area contributed by atoms with Crippen molar-refractivity contribution in [2.24, 2.45) is 0 Å². The van der Waals surface area contributed by atoms with Crippen LogP contribution >= 0.6 is 0 Å². The molecule has 0 aliphatic rings. The van der Waals surface area contributed by atoms with Gasteiger partial charge in [-0.25, -0.2) is 0 Å². The van der Waals surface area contributed by atoms with E-state index in [1.807, 2.05) is 6.92 Å². The molecule has 0 heterocycles. The Morgan fingerprint density at radius 3 is 2.65 bits per heavy atom. The van der Waals surface area contributed by atoms with Crippen LogP contribution < -0.4 is 5.32 Å². The van der Waals surface area contributed by atoms with Gasteiger partial charge in [0.25, 0.3) is 0 Å². The second-order valence-electron chi connectivity index (χ2n) is 4.10. The van der Waals surface area contributed by atoms with Gasteiger partial charge in [0.2, 0.25) is 0 Å². The highest BCUT2D eigenvalue weighted by atomic mass is 19.4. The van der Waals surface area contributed by atoms with Crippen molar-refractivity contribution in [1.29, 1.82) is 0 Å². The van der Waals surface area contributed by atoms with Gasteiger partial charge in [-0.1, -0.05) is 6.07 Å². The molecule has 17 heavy (non-hydrogen) atoms. The Labute approximate surface area is 98.5 Å². The van der Waals surface area contributed by atoms with Crippen LogP contribution in [0.4, 0.5) is 18.9 Å².